The lowest BCUT2D eigenvalue weighted by molar-refractivity contribution is -0.384. The van der Waals surface area contributed by atoms with E-state index in [0.717, 1.165) is 4.90 Å². The van der Waals surface area contributed by atoms with Crippen molar-refractivity contribution in [3.63, 3.8) is 0 Å². The molecule has 11 heteroatoms. The van der Waals surface area contributed by atoms with Crippen molar-refractivity contribution in [3.8, 4) is 0 Å². The molecule has 4 amide bonds. The highest BCUT2D eigenvalue weighted by molar-refractivity contribution is 7.99. The summed E-state index contributed by atoms with van der Waals surface area (Å²) < 4.78 is 0. The summed E-state index contributed by atoms with van der Waals surface area (Å²) in [5.74, 6) is -1.18. The maximum absolute atomic E-state index is 13.2. The number of nitrogens with one attached hydrogen (secondary N) is 2. The van der Waals surface area contributed by atoms with Gasteiger partial charge < -0.3 is 10.6 Å². The minimum atomic E-state index is -0.589. The van der Waals surface area contributed by atoms with E-state index in [1.165, 1.54) is 47.0 Å². The van der Waals surface area contributed by atoms with Gasteiger partial charge in [-0.05, 0) is 72.3 Å². The monoisotopic (exact) mass is 592 g/mol. The van der Waals surface area contributed by atoms with E-state index in [1.54, 1.807) is 78.9 Å². The zero-order valence-corrected chi connectivity index (χ0v) is 23.4. The summed E-state index contributed by atoms with van der Waals surface area (Å²) in [6, 6.07) is 27.7. The van der Waals surface area contributed by atoms with E-state index in [9.17, 15) is 29.3 Å². The Morgan fingerprint density at radius 1 is 0.814 bits per heavy atom. The highest BCUT2D eigenvalue weighted by atomic mass is 32.2. The van der Waals surface area contributed by atoms with Crippen LogP contribution < -0.4 is 10.6 Å². The predicted molar refractivity (Wildman–Crippen MR) is 163 cm³/mol. The molecule has 0 unspecified atom stereocenters. The summed E-state index contributed by atoms with van der Waals surface area (Å²) in [4.78, 5) is 63.8. The Balaban J connectivity index is 1.23. The highest BCUT2D eigenvalue weighted by Gasteiger charge is 2.34. The van der Waals surface area contributed by atoms with Crippen LogP contribution in [0, 0.1) is 10.1 Å². The molecule has 0 spiro atoms. The van der Waals surface area contributed by atoms with E-state index in [0.29, 0.717) is 33.7 Å². The first kappa shape index (κ1) is 29.0. The van der Waals surface area contributed by atoms with Crippen LogP contribution in [0.3, 0.4) is 0 Å². The molecule has 0 bridgehead atoms. The molecule has 1 aliphatic heterocycles. The Bertz CT molecular complexity index is 1700. The van der Waals surface area contributed by atoms with Crippen LogP contribution in [0.1, 0.15) is 36.6 Å². The molecule has 0 aromatic heterocycles. The lowest BCUT2D eigenvalue weighted by Crippen LogP contribution is -2.31. The summed E-state index contributed by atoms with van der Waals surface area (Å²) in [7, 11) is 0. The Morgan fingerprint density at radius 3 is 2.02 bits per heavy atom. The van der Waals surface area contributed by atoms with E-state index >= 15 is 0 Å². The zero-order valence-electron chi connectivity index (χ0n) is 22.6. The number of anilines is 1. The minimum Gasteiger partial charge on any atom is -0.321 e. The number of rotatable bonds is 10. The molecule has 214 valence electrons. The number of nitro benzene ring substituents is 1. The summed E-state index contributed by atoms with van der Waals surface area (Å²) in [6.45, 7) is 0.257. The molecule has 0 fully saturated rings. The van der Waals surface area contributed by atoms with Crippen molar-refractivity contribution < 1.29 is 24.1 Å². The van der Waals surface area contributed by atoms with E-state index in [2.05, 4.69) is 10.6 Å². The quantitative estimate of drug-likeness (QED) is 0.0827. The fourth-order valence-electron chi connectivity index (χ4n) is 4.33. The highest BCUT2D eigenvalue weighted by Crippen LogP contribution is 2.25. The number of amides is 4. The van der Waals surface area contributed by atoms with Gasteiger partial charge in [0.15, 0.2) is 0 Å². The predicted octanol–water partition coefficient (Wildman–Crippen LogP) is 5.39. The fourth-order valence-corrected chi connectivity index (χ4v) is 5.17. The topological polar surface area (TPSA) is 139 Å². The number of imide groups is 1. The second kappa shape index (κ2) is 13.0. The second-order valence-corrected chi connectivity index (χ2v) is 10.5. The smallest absolute Gasteiger partial charge is 0.272 e. The molecule has 0 saturated carbocycles. The van der Waals surface area contributed by atoms with E-state index < -0.39 is 16.7 Å². The SMILES string of the molecule is O=C(Nc1ccc(SCCN2C(=O)c3ccccc3C2=O)cc1)/C(=C/c1ccc([N+](=O)[O-])cc1)NC(=O)c1ccccc1. The van der Waals surface area contributed by atoms with Gasteiger partial charge in [0.25, 0.3) is 29.3 Å². The number of nitrogens with zero attached hydrogens (tertiary/aromatic N) is 2. The first-order valence-electron chi connectivity index (χ1n) is 13.1. The first-order chi connectivity index (χ1) is 20.8. The third-order valence-electron chi connectivity index (χ3n) is 6.52. The fraction of sp³-hybridized carbons (Fsp3) is 0.0625. The molecule has 10 nitrogen and oxygen atoms in total. The van der Waals surface area contributed by atoms with Crippen molar-refractivity contribution in [2.24, 2.45) is 0 Å². The first-order valence-corrected chi connectivity index (χ1v) is 14.1. The molecule has 0 saturated heterocycles. The average molecular weight is 593 g/mol. The molecule has 0 atom stereocenters. The molecule has 43 heavy (non-hydrogen) atoms. The molecule has 4 aromatic carbocycles. The number of hydrogen-bond acceptors (Lipinski definition) is 7. The van der Waals surface area contributed by atoms with Gasteiger partial charge in [0.05, 0.1) is 16.1 Å². The van der Waals surface area contributed by atoms with E-state index in [-0.39, 0.29) is 29.7 Å². The van der Waals surface area contributed by atoms with Crippen molar-refractivity contribution >= 4 is 52.8 Å². The number of fused-ring (bicyclic) bond motifs is 1. The van der Waals surface area contributed by atoms with Gasteiger partial charge in [-0.3, -0.25) is 34.2 Å². The number of carbonyl (C=O) groups is 4. The van der Waals surface area contributed by atoms with Gasteiger partial charge in [0.1, 0.15) is 5.70 Å². The third-order valence-corrected chi connectivity index (χ3v) is 7.51. The van der Waals surface area contributed by atoms with Crippen LogP contribution >= 0.6 is 11.8 Å². The summed E-state index contributed by atoms with van der Waals surface area (Å²) in [6.07, 6.45) is 1.43. The summed E-state index contributed by atoms with van der Waals surface area (Å²) >= 11 is 1.46. The van der Waals surface area contributed by atoms with Crippen molar-refractivity contribution in [2.45, 2.75) is 4.90 Å². The molecular weight excluding hydrogens is 568 g/mol. The number of carbonyl (C=O) groups excluding carboxylic acids is 4. The van der Waals surface area contributed by atoms with E-state index in [4.69, 9.17) is 0 Å². The molecule has 2 N–H and O–H groups in total. The second-order valence-electron chi connectivity index (χ2n) is 9.36. The van der Waals surface area contributed by atoms with Gasteiger partial charge in [-0.2, -0.15) is 0 Å². The Morgan fingerprint density at radius 2 is 1.42 bits per heavy atom. The van der Waals surface area contributed by atoms with Crippen LogP contribution in [0.4, 0.5) is 11.4 Å². The summed E-state index contributed by atoms with van der Waals surface area (Å²) in [5, 5.41) is 16.4. The third kappa shape index (κ3) is 6.85. The van der Waals surface area contributed by atoms with Crippen molar-refractivity contribution in [2.75, 3.05) is 17.6 Å². The minimum absolute atomic E-state index is 0.0536. The van der Waals surface area contributed by atoms with Crippen LogP contribution in [-0.4, -0.2) is 45.7 Å². The van der Waals surface area contributed by atoms with Crippen molar-refractivity contribution in [3.05, 3.63) is 141 Å². The van der Waals surface area contributed by atoms with Gasteiger partial charge in [-0.1, -0.05) is 30.3 Å². The normalized spacial score (nSPS) is 12.6. The van der Waals surface area contributed by atoms with Crippen LogP contribution in [0.25, 0.3) is 6.08 Å². The molecule has 1 aliphatic rings. The van der Waals surface area contributed by atoms with Gasteiger partial charge in [0.2, 0.25) is 0 Å². The maximum atomic E-state index is 13.2. The molecule has 0 radical (unpaired) electrons. The Hall–Kier alpha value is -5.55. The molecule has 4 aromatic rings. The molecule has 5 rings (SSSR count). The Labute approximate surface area is 250 Å². The van der Waals surface area contributed by atoms with Gasteiger partial charge in [0, 0.05) is 40.6 Å². The van der Waals surface area contributed by atoms with Crippen molar-refractivity contribution in [1.82, 2.24) is 10.2 Å². The lowest BCUT2D eigenvalue weighted by atomic mass is 10.1. The van der Waals surface area contributed by atoms with Gasteiger partial charge >= 0.3 is 0 Å². The molecule has 0 aliphatic carbocycles. The number of hydrogen-bond donors (Lipinski definition) is 2. The number of thioether (sulfide) groups is 1. The van der Waals surface area contributed by atoms with Gasteiger partial charge in [-0.25, -0.2) is 0 Å². The lowest BCUT2D eigenvalue weighted by Gasteiger charge is -2.14. The standard InChI is InChI=1S/C32H24N4O6S/c37-29(22-6-2-1-3-7-22)34-28(20-21-10-14-24(15-11-21)36(41)42)30(38)33-23-12-16-25(17-13-23)43-19-18-35-31(39)26-8-4-5-9-27(26)32(35)40/h1-17,20H,18-19H2,(H,33,38)(H,34,37)/b28-20-. The number of nitro groups is 1. The van der Waals surface area contributed by atoms with Crippen LogP contribution in [0.5, 0.6) is 0 Å². The number of non-ortho nitro benzene ring substituents is 1. The van der Waals surface area contributed by atoms with Gasteiger partial charge in [-0.15, -0.1) is 11.8 Å². The van der Waals surface area contributed by atoms with Crippen LogP contribution in [0.15, 0.2) is 114 Å². The van der Waals surface area contributed by atoms with Crippen LogP contribution in [0.2, 0.25) is 0 Å². The van der Waals surface area contributed by atoms with E-state index in [1.807, 2.05) is 0 Å². The van der Waals surface area contributed by atoms with Crippen LogP contribution in [-0.2, 0) is 4.79 Å². The molecular formula is C32H24N4O6S. The zero-order chi connectivity index (χ0) is 30.3. The Kier molecular flexibility index (Phi) is 8.73. The maximum Gasteiger partial charge on any atom is 0.272 e. The summed E-state index contributed by atoms with van der Waals surface area (Å²) in [5.41, 5.74) is 1.99. The van der Waals surface area contributed by atoms with Crippen molar-refractivity contribution in [1.29, 1.82) is 0 Å². The molecule has 1 heterocycles. The average Bonchev–Trinajstić information content (AvgIpc) is 3.27. The number of benzene rings is 4. The largest absolute Gasteiger partial charge is 0.321 e.